The zero-order valence-corrected chi connectivity index (χ0v) is 12.1. The molecule has 9 heteroatoms. The fraction of sp³-hybridized carbons (Fsp3) is 0.231. The number of nitro groups is 1. The molecular formula is C13H14N6O3. The third-order valence-electron chi connectivity index (χ3n) is 2.90. The van der Waals surface area contributed by atoms with Gasteiger partial charge in [-0.05, 0) is 30.9 Å². The maximum absolute atomic E-state index is 11.8. The molecule has 0 aliphatic rings. The van der Waals surface area contributed by atoms with E-state index in [0.29, 0.717) is 11.4 Å². The van der Waals surface area contributed by atoms with Crippen LogP contribution in [0.2, 0.25) is 0 Å². The molecule has 0 radical (unpaired) electrons. The van der Waals surface area contributed by atoms with Gasteiger partial charge in [-0.25, -0.2) is 5.43 Å². The van der Waals surface area contributed by atoms with Gasteiger partial charge < -0.3 is 10.1 Å². The molecule has 0 fully saturated rings. The number of hydrogen-bond acceptors (Lipinski definition) is 6. The quantitative estimate of drug-likeness (QED) is 0.503. The SMILES string of the molecule is C/C(=N/NC(=O)Cn1nc([N+](=O)[O-])cc1C)c1ccncc1. The molecule has 1 amide bonds. The molecule has 0 atom stereocenters. The van der Waals surface area contributed by atoms with Gasteiger partial charge >= 0.3 is 5.82 Å². The molecule has 22 heavy (non-hydrogen) atoms. The second kappa shape index (κ2) is 6.57. The number of aromatic nitrogens is 3. The summed E-state index contributed by atoms with van der Waals surface area (Å²) in [6.07, 6.45) is 3.25. The third kappa shape index (κ3) is 3.72. The van der Waals surface area contributed by atoms with Gasteiger partial charge in [0.2, 0.25) is 0 Å². The molecular weight excluding hydrogens is 288 g/mol. The Morgan fingerprint density at radius 3 is 2.73 bits per heavy atom. The lowest BCUT2D eigenvalue weighted by Gasteiger charge is -2.02. The van der Waals surface area contributed by atoms with E-state index in [1.807, 2.05) is 0 Å². The summed E-state index contributed by atoms with van der Waals surface area (Å²) in [4.78, 5) is 25.7. The first-order chi connectivity index (χ1) is 10.5. The predicted octanol–water partition coefficient (Wildman–Crippen LogP) is 1.04. The second-order valence-electron chi connectivity index (χ2n) is 4.53. The minimum absolute atomic E-state index is 0.146. The van der Waals surface area contributed by atoms with Crippen LogP contribution in [-0.2, 0) is 11.3 Å². The monoisotopic (exact) mass is 302 g/mol. The van der Waals surface area contributed by atoms with E-state index in [1.165, 1.54) is 10.7 Å². The van der Waals surface area contributed by atoms with Crippen molar-refractivity contribution >= 4 is 17.4 Å². The smallest absolute Gasteiger partial charge is 0.358 e. The van der Waals surface area contributed by atoms with E-state index in [-0.39, 0.29) is 12.4 Å². The highest BCUT2D eigenvalue weighted by Gasteiger charge is 2.17. The van der Waals surface area contributed by atoms with Gasteiger partial charge in [-0.1, -0.05) is 0 Å². The molecule has 2 aromatic heterocycles. The molecule has 0 spiro atoms. The molecule has 0 bridgehead atoms. The normalized spacial score (nSPS) is 11.3. The fourth-order valence-electron chi connectivity index (χ4n) is 1.72. The zero-order chi connectivity index (χ0) is 16.1. The zero-order valence-electron chi connectivity index (χ0n) is 12.1. The number of nitrogens with zero attached hydrogens (tertiary/aromatic N) is 5. The van der Waals surface area contributed by atoms with Crippen LogP contribution in [0.25, 0.3) is 0 Å². The summed E-state index contributed by atoms with van der Waals surface area (Å²) in [6, 6.07) is 4.84. The van der Waals surface area contributed by atoms with E-state index < -0.39 is 10.8 Å². The van der Waals surface area contributed by atoms with E-state index in [4.69, 9.17) is 0 Å². The predicted molar refractivity (Wildman–Crippen MR) is 78.2 cm³/mol. The van der Waals surface area contributed by atoms with E-state index in [2.05, 4.69) is 20.6 Å². The lowest BCUT2D eigenvalue weighted by molar-refractivity contribution is -0.389. The third-order valence-corrected chi connectivity index (χ3v) is 2.90. The molecule has 2 rings (SSSR count). The lowest BCUT2D eigenvalue weighted by atomic mass is 10.2. The Labute approximate surface area is 125 Å². The number of amides is 1. The van der Waals surface area contributed by atoms with Crippen molar-refractivity contribution in [1.82, 2.24) is 20.2 Å². The van der Waals surface area contributed by atoms with Crippen LogP contribution in [0, 0.1) is 17.0 Å². The Balaban J connectivity index is 2.00. The molecule has 0 unspecified atom stereocenters. The first-order valence-corrected chi connectivity index (χ1v) is 6.39. The summed E-state index contributed by atoms with van der Waals surface area (Å²) in [5.41, 5.74) is 4.38. The number of carbonyl (C=O) groups is 1. The van der Waals surface area contributed by atoms with Crippen LogP contribution >= 0.6 is 0 Å². The Morgan fingerprint density at radius 2 is 2.14 bits per heavy atom. The molecule has 114 valence electrons. The molecule has 0 aliphatic carbocycles. The number of pyridine rings is 1. The molecule has 2 aromatic rings. The van der Waals surface area contributed by atoms with E-state index >= 15 is 0 Å². The topological polar surface area (TPSA) is 115 Å². The minimum Gasteiger partial charge on any atom is -0.358 e. The average Bonchev–Trinajstić information content (AvgIpc) is 2.87. The molecule has 9 nitrogen and oxygen atoms in total. The first kappa shape index (κ1) is 15.3. The molecule has 0 aromatic carbocycles. The standard InChI is InChI=1S/C13H14N6O3/c1-9-7-12(19(21)22)17-18(9)8-13(20)16-15-10(2)11-3-5-14-6-4-11/h3-7H,8H2,1-2H3,(H,16,20)/b15-10-. The van der Waals surface area contributed by atoms with Gasteiger partial charge in [0, 0.05) is 18.0 Å². The summed E-state index contributed by atoms with van der Waals surface area (Å²) in [5, 5.41) is 18.3. The van der Waals surface area contributed by atoms with Crippen molar-refractivity contribution in [2.75, 3.05) is 0 Å². The number of aryl methyl sites for hydroxylation is 1. The maximum atomic E-state index is 11.8. The highest BCUT2D eigenvalue weighted by molar-refractivity contribution is 5.99. The maximum Gasteiger partial charge on any atom is 0.390 e. The minimum atomic E-state index is -0.604. The van der Waals surface area contributed by atoms with Gasteiger partial charge in [-0.15, -0.1) is 0 Å². The number of carbonyl (C=O) groups excluding carboxylic acids is 1. The summed E-state index contributed by atoms with van der Waals surface area (Å²) < 4.78 is 1.25. The largest absolute Gasteiger partial charge is 0.390 e. The summed E-state index contributed by atoms with van der Waals surface area (Å²) in [7, 11) is 0. The Kier molecular flexibility index (Phi) is 4.57. The van der Waals surface area contributed by atoms with Gasteiger partial charge in [-0.3, -0.25) is 9.78 Å². The van der Waals surface area contributed by atoms with Crippen LogP contribution < -0.4 is 5.43 Å². The van der Waals surface area contributed by atoms with Crippen molar-refractivity contribution in [1.29, 1.82) is 0 Å². The van der Waals surface area contributed by atoms with Crippen molar-refractivity contribution in [3.05, 3.63) is 52.0 Å². The van der Waals surface area contributed by atoms with Crippen molar-refractivity contribution < 1.29 is 9.72 Å². The second-order valence-corrected chi connectivity index (χ2v) is 4.53. The lowest BCUT2D eigenvalue weighted by Crippen LogP contribution is -2.25. The number of nitrogens with one attached hydrogen (secondary N) is 1. The Morgan fingerprint density at radius 1 is 1.45 bits per heavy atom. The highest BCUT2D eigenvalue weighted by atomic mass is 16.6. The molecule has 2 heterocycles. The fourth-order valence-corrected chi connectivity index (χ4v) is 1.72. The van der Waals surface area contributed by atoms with Gasteiger partial charge in [0.15, 0.2) is 0 Å². The van der Waals surface area contributed by atoms with Crippen molar-refractivity contribution in [3.63, 3.8) is 0 Å². The molecule has 0 saturated heterocycles. The van der Waals surface area contributed by atoms with E-state index in [0.717, 1.165) is 5.56 Å². The molecule has 0 saturated carbocycles. The average molecular weight is 302 g/mol. The van der Waals surface area contributed by atoms with Gasteiger partial charge in [0.25, 0.3) is 5.91 Å². The number of rotatable bonds is 5. The van der Waals surface area contributed by atoms with Crippen molar-refractivity contribution in [2.24, 2.45) is 5.10 Å². The summed E-state index contributed by atoms with van der Waals surface area (Å²) >= 11 is 0. The van der Waals surface area contributed by atoms with Gasteiger partial charge in [0.05, 0.1) is 22.6 Å². The first-order valence-electron chi connectivity index (χ1n) is 6.39. The van der Waals surface area contributed by atoms with E-state index in [1.54, 1.807) is 38.4 Å². The van der Waals surface area contributed by atoms with Crippen LogP contribution in [-0.4, -0.2) is 31.3 Å². The highest BCUT2D eigenvalue weighted by Crippen LogP contribution is 2.10. The van der Waals surface area contributed by atoms with Crippen molar-refractivity contribution in [2.45, 2.75) is 20.4 Å². The van der Waals surface area contributed by atoms with Gasteiger partial charge in [0.1, 0.15) is 6.54 Å². The van der Waals surface area contributed by atoms with Crippen LogP contribution in [0.3, 0.4) is 0 Å². The molecule has 0 aliphatic heterocycles. The molecule has 1 N–H and O–H groups in total. The van der Waals surface area contributed by atoms with Crippen LogP contribution in [0.4, 0.5) is 5.82 Å². The van der Waals surface area contributed by atoms with Crippen LogP contribution in [0.1, 0.15) is 18.2 Å². The Hall–Kier alpha value is -3.10. The van der Waals surface area contributed by atoms with Crippen LogP contribution in [0.5, 0.6) is 0 Å². The van der Waals surface area contributed by atoms with Gasteiger partial charge in [-0.2, -0.15) is 9.78 Å². The van der Waals surface area contributed by atoms with Crippen LogP contribution in [0.15, 0.2) is 35.7 Å². The Bertz CT molecular complexity index is 723. The van der Waals surface area contributed by atoms with Crippen molar-refractivity contribution in [3.8, 4) is 0 Å². The number of hydrogen-bond donors (Lipinski definition) is 1. The van der Waals surface area contributed by atoms with E-state index in [9.17, 15) is 14.9 Å². The summed E-state index contributed by atoms with van der Waals surface area (Å²) in [6.45, 7) is 3.24. The number of hydrazone groups is 1. The summed E-state index contributed by atoms with van der Waals surface area (Å²) in [5.74, 6) is -0.712.